The van der Waals surface area contributed by atoms with Crippen LogP contribution in [0.25, 0.3) is 0 Å². The summed E-state index contributed by atoms with van der Waals surface area (Å²) in [5, 5.41) is 17.6. The predicted molar refractivity (Wildman–Crippen MR) is 67.2 cm³/mol. The SMILES string of the molecule is O=C(O)c1cc[n+](CC[n+]2ccc(C(=O)O)cc2)cc1. The highest BCUT2D eigenvalue weighted by atomic mass is 16.4. The molecule has 6 heteroatoms. The number of aromatic carboxylic acids is 2. The first-order valence-electron chi connectivity index (χ1n) is 6.01. The molecule has 0 fully saturated rings. The predicted octanol–water partition coefficient (Wildman–Crippen LogP) is 0.358. The minimum atomic E-state index is -0.948. The van der Waals surface area contributed by atoms with Crippen LogP contribution in [-0.2, 0) is 13.1 Å². The van der Waals surface area contributed by atoms with E-state index in [1.807, 2.05) is 9.13 Å². The Morgan fingerprint density at radius 1 is 0.750 bits per heavy atom. The van der Waals surface area contributed by atoms with Crippen molar-refractivity contribution >= 4 is 11.9 Å². The first-order valence-corrected chi connectivity index (χ1v) is 6.01. The summed E-state index contributed by atoms with van der Waals surface area (Å²) in [6, 6.07) is 6.17. The van der Waals surface area contributed by atoms with Crippen LogP contribution >= 0.6 is 0 Å². The van der Waals surface area contributed by atoms with E-state index in [0.29, 0.717) is 13.1 Å². The van der Waals surface area contributed by atoms with Crippen molar-refractivity contribution in [1.82, 2.24) is 0 Å². The second-order valence-corrected chi connectivity index (χ2v) is 4.26. The Morgan fingerprint density at radius 3 is 1.30 bits per heavy atom. The number of pyridine rings is 2. The van der Waals surface area contributed by atoms with Crippen LogP contribution in [0.2, 0.25) is 0 Å². The highest BCUT2D eigenvalue weighted by molar-refractivity contribution is 5.87. The first kappa shape index (κ1) is 13.7. The molecule has 0 atom stereocenters. The number of aryl methyl sites for hydroxylation is 2. The van der Waals surface area contributed by atoms with Crippen molar-refractivity contribution in [2.45, 2.75) is 13.1 Å². The van der Waals surface area contributed by atoms with Crippen molar-refractivity contribution in [2.24, 2.45) is 0 Å². The lowest BCUT2D eigenvalue weighted by molar-refractivity contribution is -0.778. The Balaban J connectivity index is 1.97. The second kappa shape index (κ2) is 5.92. The Bertz CT molecular complexity index is 563. The molecular weight excluding hydrogens is 260 g/mol. The number of aromatic nitrogens is 2. The van der Waals surface area contributed by atoms with E-state index in [-0.39, 0.29) is 11.1 Å². The van der Waals surface area contributed by atoms with Crippen LogP contribution in [0.5, 0.6) is 0 Å². The molecule has 102 valence electrons. The minimum absolute atomic E-state index is 0.250. The lowest BCUT2D eigenvalue weighted by Crippen LogP contribution is -2.43. The van der Waals surface area contributed by atoms with Gasteiger partial charge >= 0.3 is 11.9 Å². The van der Waals surface area contributed by atoms with Gasteiger partial charge in [-0.3, -0.25) is 0 Å². The van der Waals surface area contributed by atoms with Crippen LogP contribution in [-0.4, -0.2) is 22.2 Å². The van der Waals surface area contributed by atoms with Gasteiger partial charge in [-0.25, -0.2) is 9.59 Å². The van der Waals surface area contributed by atoms with Gasteiger partial charge in [-0.2, -0.15) is 9.13 Å². The zero-order valence-corrected chi connectivity index (χ0v) is 10.6. The van der Waals surface area contributed by atoms with Gasteiger partial charge in [-0.1, -0.05) is 0 Å². The fraction of sp³-hybridized carbons (Fsp3) is 0.143. The molecule has 2 heterocycles. The van der Waals surface area contributed by atoms with E-state index in [0.717, 1.165) is 0 Å². The smallest absolute Gasteiger partial charge is 0.336 e. The van der Waals surface area contributed by atoms with Crippen LogP contribution in [0.3, 0.4) is 0 Å². The maximum absolute atomic E-state index is 10.7. The molecule has 0 spiro atoms. The lowest BCUT2D eigenvalue weighted by Gasteiger charge is -1.97. The van der Waals surface area contributed by atoms with Gasteiger partial charge in [0.2, 0.25) is 13.1 Å². The van der Waals surface area contributed by atoms with Crippen LogP contribution < -0.4 is 9.13 Å². The van der Waals surface area contributed by atoms with Crippen molar-refractivity contribution in [3.05, 3.63) is 60.2 Å². The maximum atomic E-state index is 10.7. The molecule has 2 rings (SSSR count). The molecule has 2 aromatic heterocycles. The number of nitrogens with zero attached hydrogens (tertiary/aromatic N) is 2. The standard InChI is InChI=1S/C14H12N2O4/c17-13(18)11-1-5-15(6-2-11)9-10-16-7-3-12(4-8-16)14(19)20/h1-8H,9-10H2/p+2. The normalized spacial score (nSPS) is 10.2. The number of hydrogen-bond donors (Lipinski definition) is 2. The fourth-order valence-corrected chi connectivity index (χ4v) is 1.73. The molecule has 0 unspecified atom stereocenters. The summed E-state index contributed by atoms with van der Waals surface area (Å²) < 4.78 is 3.73. The number of carboxylic acid groups (broad SMARTS) is 2. The maximum Gasteiger partial charge on any atom is 0.336 e. The van der Waals surface area contributed by atoms with E-state index in [1.54, 1.807) is 49.1 Å². The molecule has 0 aromatic carbocycles. The largest absolute Gasteiger partial charge is 0.478 e. The third-order valence-electron chi connectivity index (χ3n) is 2.89. The summed E-state index contributed by atoms with van der Waals surface area (Å²) >= 11 is 0. The molecule has 0 amide bonds. The topological polar surface area (TPSA) is 82.4 Å². The van der Waals surface area contributed by atoms with Crippen molar-refractivity contribution in [3.8, 4) is 0 Å². The quantitative estimate of drug-likeness (QED) is 0.771. The Morgan fingerprint density at radius 2 is 1.05 bits per heavy atom. The van der Waals surface area contributed by atoms with E-state index < -0.39 is 11.9 Å². The Kier molecular flexibility index (Phi) is 4.05. The molecule has 2 N–H and O–H groups in total. The average molecular weight is 274 g/mol. The number of carbonyl (C=O) groups is 2. The number of carboxylic acids is 2. The monoisotopic (exact) mass is 274 g/mol. The lowest BCUT2D eigenvalue weighted by atomic mass is 10.2. The highest BCUT2D eigenvalue weighted by Crippen LogP contribution is 1.95. The van der Waals surface area contributed by atoms with Crippen molar-refractivity contribution < 1.29 is 28.9 Å². The molecule has 2 aromatic rings. The van der Waals surface area contributed by atoms with Gasteiger partial charge in [0.1, 0.15) is 0 Å². The zero-order valence-electron chi connectivity index (χ0n) is 10.6. The van der Waals surface area contributed by atoms with Crippen LogP contribution in [0.4, 0.5) is 0 Å². The summed E-state index contributed by atoms with van der Waals surface area (Å²) in [7, 11) is 0. The van der Waals surface area contributed by atoms with E-state index in [2.05, 4.69) is 0 Å². The van der Waals surface area contributed by atoms with Gasteiger partial charge in [0.05, 0.1) is 11.1 Å². The van der Waals surface area contributed by atoms with E-state index in [9.17, 15) is 9.59 Å². The van der Waals surface area contributed by atoms with Gasteiger partial charge < -0.3 is 10.2 Å². The molecule has 0 saturated heterocycles. The van der Waals surface area contributed by atoms with Crippen LogP contribution in [0.1, 0.15) is 20.7 Å². The van der Waals surface area contributed by atoms with Crippen molar-refractivity contribution in [1.29, 1.82) is 0 Å². The van der Waals surface area contributed by atoms with Gasteiger partial charge in [-0.05, 0) is 0 Å². The fourth-order valence-electron chi connectivity index (χ4n) is 1.73. The number of hydrogen-bond acceptors (Lipinski definition) is 2. The summed E-state index contributed by atoms with van der Waals surface area (Å²) in [6.45, 7) is 1.33. The Labute approximate surface area is 115 Å². The van der Waals surface area contributed by atoms with Gasteiger partial charge in [-0.15, -0.1) is 0 Å². The molecular formula is C14H14N2O4+2. The van der Waals surface area contributed by atoms with Crippen molar-refractivity contribution in [3.63, 3.8) is 0 Å². The van der Waals surface area contributed by atoms with Gasteiger partial charge in [0.15, 0.2) is 24.8 Å². The molecule has 6 nitrogen and oxygen atoms in total. The minimum Gasteiger partial charge on any atom is -0.478 e. The summed E-state index contributed by atoms with van der Waals surface area (Å²) in [5.74, 6) is -1.90. The molecule has 0 aliphatic carbocycles. The first-order chi connectivity index (χ1) is 9.56. The van der Waals surface area contributed by atoms with E-state index in [4.69, 9.17) is 10.2 Å². The van der Waals surface area contributed by atoms with Gasteiger partial charge in [0, 0.05) is 24.3 Å². The third kappa shape index (κ3) is 3.38. The average Bonchev–Trinajstić information content (AvgIpc) is 2.46. The van der Waals surface area contributed by atoms with Crippen LogP contribution in [0.15, 0.2) is 49.1 Å². The molecule has 0 aliphatic heterocycles. The van der Waals surface area contributed by atoms with E-state index in [1.165, 1.54) is 0 Å². The molecule has 0 bridgehead atoms. The zero-order chi connectivity index (χ0) is 14.5. The third-order valence-corrected chi connectivity index (χ3v) is 2.89. The van der Waals surface area contributed by atoms with E-state index >= 15 is 0 Å². The molecule has 20 heavy (non-hydrogen) atoms. The second-order valence-electron chi connectivity index (χ2n) is 4.26. The molecule has 0 aliphatic rings. The summed E-state index contributed by atoms with van der Waals surface area (Å²) in [4.78, 5) is 21.4. The molecule has 0 radical (unpaired) electrons. The number of rotatable bonds is 5. The highest BCUT2D eigenvalue weighted by Gasteiger charge is 2.10. The molecule has 0 saturated carbocycles. The van der Waals surface area contributed by atoms with Crippen LogP contribution in [0, 0.1) is 0 Å². The summed E-state index contributed by atoms with van der Waals surface area (Å²) in [5.41, 5.74) is 0.499. The summed E-state index contributed by atoms with van der Waals surface area (Å²) in [6.07, 6.45) is 6.82. The van der Waals surface area contributed by atoms with Crippen molar-refractivity contribution in [2.75, 3.05) is 0 Å². The van der Waals surface area contributed by atoms with Gasteiger partial charge in [0.25, 0.3) is 0 Å². The Hall–Kier alpha value is -2.76.